The molecule has 0 saturated carbocycles. The van der Waals surface area contributed by atoms with Crippen LogP contribution in [0.15, 0.2) is 36.0 Å². The molecule has 1 N–H and O–H groups in total. The number of nitrogens with one attached hydrogen (secondary N) is 1. The first-order valence-electron chi connectivity index (χ1n) is 9.09. The van der Waals surface area contributed by atoms with Gasteiger partial charge in [-0.3, -0.25) is 4.79 Å². The quantitative estimate of drug-likeness (QED) is 0.426. The molecule has 1 aliphatic heterocycles. The van der Waals surface area contributed by atoms with Crippen LogP contribution in [0.4, 0.5) is 5.69 Å². The highest BCUT2D eigenvalue weighted by Crippen LogP contribution is 2.27. The third kappa shape index (κ3) is 5.61. The molecule has 2 rings (SSSR count). The zero-order valence-electron chi connectivity index (χ0n) is 15.0. The fourth-order valence-corrected chi connectivity index (χ4v) is 2.83. The van der Waals surface area contributed by atoms with Crippen LogP contribution in [-0.2, 0) is 16.0 Å². The number of anilines is 1. The van der Waals surface area contributed by atoms with Crippen molar-refractivity contribution in [3.05, 3.63) is 41.6 Å². The van der Waals surface area contributed by atoms with E-state index in [1.165, 1.54) is 6.20 Å². The van der Waals surface area contributed by atoms with Crippen LogP contribution in [0.1, 0.15) is 38.2 Å². The molecule has 0 radical (unpaired) electrons. The second-order valence-electron chi connectivity index (χ2n) is 6.13. The molecule has 0 spiro atoms. The molecule has 0 fully saturated rings. The fraction of sp³-hybridized carbons (Fsp3) is 0.500. The summed E-state index contributed by atoms with van der Waals surface area (Å²) in [7, 11) is 0. The number of nitriles is 1. The van der Waals surface area contributed by atoms with Crippen molar-refractivity contribution in [2.24, 2.45) is 0 Å². The Labute approximate surface area is 150 Å². The Morgan fingerprint density at radius 3 is 2.96 bits per heavy atom. The Morgan fingerprint density at radius 2 is 2.16 bits per heavy atom. The molecule has 5 heteroatoms. The van der Waals surface area contributed by atoms with Gasteiger partial charge in [-0.05, 0) is 37.3 Å². The van der Waals surface area contributed by atoms with Gasteiger partial charge in [0.2, 0.25) is 0 Å². The van der Waals surface area contributed by atoms with E-state index in [0.29, 0.717) is 19.7 Å². The second-order valence-corrected chi connectivity index (χ2v) is 6.13. The van der Waals surface area contributed by atoms with Crippen molar-refractivity contribution in [2.75, 3.05) is 31.2 Å². The van der Waals surface area contributed by atoms with Crippen LogP contribution >= 0.6 is 0 Å². The molecule has 0 saturated heterocycles. The minimum absolute atomic E-state index is 0.142. The molecule has 0 bridgehead atoms. The molecule has 1 amide bonds. The molecule has 25 heavy (non-hydrogen) atoms. The van der Waals surface area contributed by atoms with Gasteiger partial charge in [-0.1, -0.05) is 31.5 Å². The number of hydrogen-bond acceptors (Lipinski definition) is 4. The number of nitrogens with zero attached hydrogens (tertiary/aromatic N) is 2. The summed E-state index contributed by atoms with van der Waals surface area (Å²) in [5.41, 5.74) is 2.23. The molecule has 1 aliphatic rings. The number of benzene rings is 1. The van der Waals surface area contributed by atoms with E-state index in [1.807, 2.05) is 30.3 Å². The maximum atomic E-state index is 12.7. The minimum Gasteiger partial charge on any atom is -0.390 e. The largest absolute Gasteiger partial charge is 0.390 e. The first-order valence-corrected chi connectivity index (χ1v) is 9.09. The first kappa shape index (κ1) is 19.0. The van der Waals surface area contributed by atoms with Crippen molar-refractivity contribution in [2.45, 2.75) is 39.0 Å². The Hall–Kier alpha value is -2.32. The van der Waals surface area contributed by atoms with Gasteiger partial charge < -0.3 is 15.0 Å². The average molecular weight is 341 g/mol. The van der Waals surface area contributed by atoms with Crippen LogP contribution in [0.2, 0.25) is 0 Å². The van der Waals surface area contributed by atoms with Crippen molar-refractivity contribution in [3.63, 3.8) is 0 Å². The summed E-state index contributed by atoms with van der Waals surface area (Å²) in [6.45, 7) is 4.96. The molecule has 1 aromatic rings. The lowest BCUT2D eigenvalue weighted by atomic mass is 10.0. The summed E-state index contributed by atoms with van der Waals surface area (Å²) < 4.78 is 5.49. The maximum Gasteiger partial charge on any atom is 0.270 e. The molecule has 0 aliphatic carbocycles. The van der Waals surface area contributed by atoms with E-state index >= 15 is 0 Å². The van der Waals surface area contributed by atoms with E-state index in [9.17, 15) is 10.1 Å². The van der Waals surface area contributed by atoms with Gasteiger partial charge in [-0.15, -0.1) is 0 Å². The summed E-state index contributed by atoms with van der Waals surface area (Å²) >= 11 is 0. The highest BCUT2D eigenvalue weighted by Gasteiger charge is 2.24. The lowest BCUT2D eigenvalue weighted by Gasteiger charge is -2.29. The zero-order valence-corrected chi connectivity index (χ0v) is 15.0. The number of rotatable bonds is 9. The van der Waals surface area contributed by atoms with Crippen molar-refractivity contribution in [1.82, 2.24) is 5.32 Å². The minimum atomic E-state index is -0.235. The van der Waals surface area contributed by atoms with Gasteiger partial charge >= 0.3 is 0 Å². The number of aryl methyl sites for hydroxylation is 1. The van der Waals surface area contributed by atoms with Crippen LogP contribution in [0.5, 0.6) is 0 Å². The van der Waals surface area contributed by atoms with Gasteiger partial charge in [0.25, 0.3) is 5.91 Å². The van der Waals surface area contributed by atoms with Gasteiger partial charge in [-0.2, -0.15) is 5.26 Å². The topological polar surface area (TPSA) is 65.4 Å². The van der Waals surface area contributed by atoms with Gasteiger partial charge in [0, 0.05) is 38.2 Å². The van der Waals surface area contributed by atoms with Crippen LogP contribution in [0.25, 0.3) is 0 Å². The van der Waals surface area contributed by atoms with Crippen molar-refractivity contribution >= 4 is 11.6 Å². The fourth-order valence-electron chi connectivity index (χ4n) is 2.83. The molecule has 0 atom stereocenters. The van der Waals surface area contributed by atoms with Crippen molar-refractivity contribution < 1.29 is 9.53 Å². The second kappa shape index (κ2) is 10.5. The summed E-state index contributed by atoms with van der Waals surface area (Å²) in [6.07, 6.45) is 6.49. The molecule has 0 unspecified atom stereocenters. The van der Waals surface area contributed by atoms with E-state index in [-0.39, 0.29) is 11.5 Å². The third-order valence-electron chi connectivity index (χ3n) is 4.20. The zero-order chi connectivity index (χ0) is 17.9. The molecule has 5 nitrogen and oxygen atoms in total. The van der Waals surface area contributed by atoms with E-state index < -0.39 is 0 Å². The van der Waals surface area contributed by atoms with E-state index in [0.717, 1.165) is 50.0 Å². The van der Waals surface area contributed by atoms with E-state index in [2.05, 4.69) is 12.2 Å². The first-order chi connectivity index (χ1) is 12.3. The van der Waals surface area contributed by atoms with Crippen molar-refractivity contribution in [3.8, 4) is 6.07 Å². The number of carbonyl (C=O) groups is 1. The molecule has 134 valence electrons. The lowest BCUT2D eigenvalue weighted by molar-refractivity contribution is -0.114. The van der Waals surface area contributed by atoms with Crippen molar-refractivity contribution in [1.29, 1.82) is 5.26 Å². The molecule has 0 aromatic heterocycles. The van der Waals surface area contributed by atoms with E-state index in [1.54, 1.807) is 4.90 Å². The third-order valence-corrected chi connectivity index (χ3v) is 4.20. The lowest BCUT2D eigenvalue weighted by Crippen LogP contribution is -2.36. The normalized spacial score (nSPS) is 13.9. The van der Waals surface area contributed by atoms with Gasteiger partial charge in [-0.25, -0.2) is 0 Å². The summed E-state index contributed by atoms with van der Waals surface area (Å²) in [6, 6.07) is 9.93. The standard InChI is InChI=1S/C20H27N3O2/c1-2-3-13-25-14-7-11-22-16-18(15-21)20(24)23-12-6-9-17-8-4-5-10-19(17)23/h4-5,8,10,16,22H,2-3,6-7,9,11-14H2,1H3/b18-16-. The number of amides is 1. The Bertz CT molecular complexity index is 634. The maximum absolute atomic E-state index is 12.7. The number of carbonyl (C=O) groups excluding carboxylic acids is 1. The Morgan fingerprint density at radius 1 is 1.36 bits per heavy atom. The molecule has 1 aromatic carbocycles. The number of ether oxygens (including phenoxy) is 1. The highest BCUT2D eigenvalue weighted by atomic mass is 16.5. The predicted octanol–water partition coefficient (Wildman–Crippen LogP) is 3.17. The monoisotopic (exact) mass is 341 g/mol. The van der Waals surface area contributed by atoms with Gasteiger partial charge in [0.15, 0.2) is 0 Å². The molecule has 1 heterocycles. The highest BCUT2D eigenvalue weighted by molar-refractivity contribution is 6.08. The number of hydrogen-bond donors (Lipinski definition) is 1. The van der Waals surface area contributed by atoms with Crippen LogP contribution in [0.3, 0.4) is 0 Å². The summed E-state index contributed by atoms with van der Waals surface area (Å²) in [4.78, 5) is 14.4. The van der Waals surface area contributed by atoms with Gasteiger partial charge in [0.1, 0.15) is 11.6 Å². The Balaban J connectivity index is 1.86. The summed E-state index contributed by atoms with van der Waals surface area (Å²) in [5.74, 6) is -0.235. The van der Waals surface area contributed by atoms with Crippen LogP contribution < -0.4 is 10.2 Å². The smallest absolute Gasteiger partial charge is 0.270 e. The van der Waals surface area contributed by atoms with Crippen LogP contribution in [-0.4, -0.2) is 32.2 Å². The van der Waals surface area contributed by atoms with Gasteiger partial charge in [0.05, 0.1) is 0 Å². The number of unbranched alkanes of at least 4 members (excludes halogenated alkanes) is 1. The van der Waals surface area contributed by atoms with Crippen LogP contribution in [0, 0.1) is 11.3 Å². The molecular formula is C20H27N3O2. The number of para-hydroxylation sites is 1. The summed E-state index contributed by atoms with van der Waals surface area (Å²) in [5, 5.41) is 12.4. The Kier molecular flexibility index (Phi) is 8.00. The predicted molar refractivity (Wildman–Crippen MR) is 99.2 cm³/mol. The average Bonchev–Trinajstić information content (AvgIpc) is 2.66. The SMILES string of the molecule is CCCCOCCCN/C=C(/C#N)C(=O)N1CCCc2ccccc21. The number of fused-ring (bicyclic) bond motifs is 1. The van der Waals surface area contributed by atoms with E-state index in [4.69, 9.17) is 4.74 Å². The molecular weight excluding hydrogens is 314 g/mol.